The number of nitrogens with zero attached hydrogens (tertiary/aromatic N) is 4. The first kappa shape index (κ1) is 28.0. The molecular formula is C33H35N5O3. The molecule has 0 aliphatic carbocycles. The van der Waals surface area contributed by atoms with Crippen LogP contribution in [0.25, 0.3) is 11.1 Å². The highest BCUT2D eigenvalue weighted by molar-refractivity contribution is 6.07. The van der Waals surface area contributed by atoms with E-state index in [9.17, 15) is 9.90 Å². The number of carbonyl (C=O) groups is 1. The van der Waals surface area contributed by atoms with Crippen molar-refractivity contribution in [3.63, 3.8) is 0 Å². The topological polar surface area (TPSA) is 99.9 Å². The van der Waals surface area contributed by atoms with Crippen molar-refractivity contribution in [2.75, 3.05) is 31.6 Å². The molecule has 0 saturated carbocycles. The molecule has 1 fully saturated rings. The monoisotopic (exact) mass is 549 g/mol. The van der Waals surface area contributed by atoms with Crippen LogP contribution in [0.5, 0.6) is 0 Å². The standard InChI is InChI=1S/C33H35N5O3/c1-23-10-6-7-13-26(23)27-14-8-9-15-28(27)32(37-41-2)25-18-20-38(21-19-25)31-17-16-29(35-36-31)33(40)34-22-30(39)24-11-4-3-5-12-24/h3-17,25,30,39H,18-22H2,1-2H3,(H,34,40). The van der Waals surface area contributed by atoms with E-state index in [1.807, 2.05) is 42.5 Å². The van der Waals surface area contributed by atoms with Gasteiger partial charge in [-0.3, -0.25) is 4.79 Å². The van der Waals surface area contributed by atoms with Crippen molar-refractivity contribution in [2.45, 2.75) is 25.9 Å². The lowest BCUT2D eigenvalue weighted by Gasteiger charge is -2.33. The van der Waals surface area contributed by atoms with Crippen LogP contribution in [-0.2, 0) is 4.84 Å². The third-order valence-corrected chi connectivity index (χ3v) is 7.56. The molecule has 1 unspecified atom stereocenters. The molecule has 1 aromatic heterocycles. The maximum Gasteiger partial charge on any atom is 0.271 e. The van der Waals surface area contributed by atoms with Crippen LogP contribution >= 0.6 is 0 Å². The maximum absolute atomic E-state index is 12.6. The average Bonchev–Trinajstić information content (AvgIpc) is 3.03. The Morgan fingerprint density at radius 1 is 0.951 bits per heavy atom. The number of aromatic nitrogens is 2. The number of piperidine rings is 1. The number of hydrogen-bond donors (Lipinski definition) is 2. The number of aryl methyl sites for hydroxylation is 1. The van der Waals surface area contributed by atoms with Gasteiger partial charge < -0.3 is 20.2 Å². The van der Waals surface area contributed by atoms with Crippen LogP contribution in [0.15, 0.2) is 96.2 Å². The van der Waals surface area contributed by atoms with Crippen molar-refractivity contribution in [3.8, 4) is 11.1 Å². The Labute approximate surface area is 240 Å². The van der Waals surface area contributed by atoms with Crippen LogP contribution in [0.2, 0.25) is 0 Å². The van der Waals surface area contributed by atoms with Gasteiger partial charge in [0.05, 0.1) is 11.8 Å². The Bertz CT molecular complexity index is 1480. The van der Waals surface area contributed by atoms with Gasteiger partial charge in [0.2, 0.25) is 0 Å². The Kier molecular flexibility index (Phi) is 9.01. The van der Waals surface area contributed by atoms with E-state index in [0.29, 0.717) is 0 Å². The Morgan fingerprint density at radius 3 is 2.32 bits per heavy atom. The van der Waals surface area contributed by atoms with Gasteiger partial charge in [-0.25, -0.2) is 0 Å². The summed E-state index contributed by atoms with van der Waals surface area (Å²) in [6.45, 7) is 3.78. The SMILES string of the molecule is CON=C(c1ccccc1-c1ccccc1C)C1CCN(c2ccc(C(=O)NCC(O)c3ccccc3)nn2)CC1. The van der Waals surface area contributed by atoms with E-state index in [2.05, 4.69) is 75.0 Å². The molecule has 8 heteroatoms. The highest BCUT2D eigenvalue weighted by Crippen LogP contribution is 2.32. The van der Waals surface area contributed by atoms with Crippen molar-refractivity contribution in [3.05, 3.63) is 113 Å². The van der Waals surface area contributed by atoms with Gasteiger partial charge in [0.1, 0.15) is 7.11 Å². The fourth-order valence-electron chi connectivity index (χ4n) is 5.33. The molecule has 0 bridgehead atoms. The maximum atomic E-state index is 12.6. The Hall–Kier alpha value is -4.56. The highest BCUT2D eigenvalue weighted by atomic mass is 16.6. The lowest BCUT2D eigenvalue weighted by atomic mass is 9.84. The van der Waals surface area contributed by atoms with Gasteiger partial charge in [-0.1, -0.05) is 84.0 Å². The quantitative estimate of drug-likeness (QED) is 0.220. The summed E-state index contributed by atoms with van der Waals surface area (Å²) in [7, 11) is 1.60. The first-order valence-electron chi connectivity index (χ1n) is 13.9. The van der Waals surface area contributed by atoms with Crippen LogP contribution in [0.1, 0.15) is 46.1 Å². The summed E-state index contributed by atoms with van der Waals surface area (Å²) in [6.07, 6.45) is 0.973. The summed E-state index contributed by atoms with van der Waals surface area (Å²) < 4.78 is 0. The normalized spacial score (nSPS) is 14.9. The van der Waals surface area contributed by atoms with Gasteiger partial charge in [-0.05, 0) is 54.2 Å². The summed E-state index contributed by atoms with van der Waals surface area (Å²) in [5.41, 5.74) is 6.57. The predicted octanol–water partition coefficient (Wildman–Crippen LogP) is 5.18. The minimum Gasteiger partial charge on any atom is -0.399 e. The van der Waals surface area contributed by atoms with E-state index in [4.69, 9.17) is 4.84 Å². The smallest absolute Gasteiger partial charge is 0.271 e. The number of hydrogen-bond acceptors (Lipinski definition) is 7. The predicted molar refractivity (Wildman–Crippen MR) is 161 cm³/mol. The number of aliphatic hydroxyl groups excluding tert-OH is 1. The number of benzene rings is 3. The second-order valence-electron chi connectivity index (χ2n) is 10.2. The van der Waals surface area contributed by atoms with Crippen LogP contribution in [0, 0.1) is 12.8 Å². The number of anilines is 1. The van der Waals surface area contributed by atoms with E-state index >= 15 is 0 Å². The summed E-state index contributed by atoms with van der Waals surface area (Å²) in [6, 6.07) is 29.5. The summed E-state index contributed by atoms with van der Waals surface area (Å²) >= 11 is 0. The van der Waals surface area contributed by atoms with E-state index in [-0.39, 0.29) is 24.1 Å². The molecule has 2 heterocycles. The van der Waals surface area contributed by atoms with Gasteiger partial charge in [0.15, 0.2) is 11.5 Å². The van der Waals surface area contributed by atoms with Crippen LogP contribution in [0.3, 0.4) is 0 Å². The molecule has 3 aromatic carbocycles. The van der Waals surface area contributed by atoms with Crippen LogP contribution < -0.4 is 10.2 Å². The van der Waals surface area contributed by atoms with Gasteiger partial charge in [0.25, 0.3) is 5.91 Å². The average molecular weight is 550 g/mol. The molecule has 5 rings (SSSR count). The van der Waals surface area contributed by atoms with E-state index < -0.39 is 6.10 Å². The molecule has 1 atom stereocenters. The summed E-state index contributed by atoms with van der Waals surface area (Å²) in [5, 5.41) is 26.1. The molecule has 0 spiro atoms. The zero-order valence-electron chi connectivity index (χ0n) is 23.4. The fraction of sp³-hybridized carbons (Fsp3) is 0.273. The van der Waals surface area contributed by atoms with Crippen molar-refractivity contribution < 1.29 is 14.7 Å². The minimum atomic E-state index is -0.788. The number of nitrogens with one attached hydrogen (secondary N) is 1. The summed E-state index contributed by atoms with van der Waals surface area (Å²) in [4.78, 5) is 20.1. The van der Waals surface area contributed by atoms with E-state index in [1.54, 1.807) is 13.2 Å². The van der Waals surface area contributed by atoms with Crippen molar-refractivity contribution in [1.82, 2.24) is 15.5 Å². The molecule has 1 saturated heterocycles. The minimum absolute atomic E-state index is 0.0954. The molecule has 1 aliphatic rings. The first-order chi connectivity index (χ1) is 20.0. The first-order valence-corrected chi connectivity index (χ1v) is 13.9. The Morgan fingerprint density at radius 2 is 1.63 bits per heavy atom. The number of rotatable bonds is 9. The molecule has 2 N–H and O–H groups in total. The molecule has 1 amide bonds. The number of oxime groups is 1. The lowest BCUT2D eigenvalue weighted by molar-refractivity contribution is 0.0910. The third kappa shape index (κ3) is 6.61. The van der Waals surface area contributed by atoms with Crippen molar-refractivity contribution in [1.29, 1.82) is 0 Å². The lowest BCUT2D eigenvalue weighted by Crippen LogP contribution is -2.37. The van der Waals surface area contributed by atoms with Crippen LogP contribution in [0.4, 0.5) is 5.82 Å². The molecule has 8 nitrogen and oxygen atoms in total. The van der Waals surface area contributed by atoms with Gasteiger partial charge >= 0.3 is 0 Å². The van der Waals surface area contributed by atoms with Crippen molar-refractivity contribution >= 4 is 17.4 Å². The molecule has 4 aromatic rings. The fourth-order valence-corrected chi connectivity index (χ4v) is 5.33. The molecular weight excluding hydrogens is 514 g/mol. The van der Waals surface area contributed by atoms with Crippen molar-refractivity contribution in [2.24, 2.45) is 11.1 Å². The second-order valence-corrected chi connectivity index (χ2v) is 10.2. The second kappa shape index (κ2) is 13.2. The molecule has 1 aliphatic heterocycles. The van der Waals surface area contributed by atoms with Gasteiger partial charge in [-0.15, -0.1) is 10.2 Å². The van der Waals surface area contributed by atoms with E-state index in [1.165, 1.54) is 11.1 Å². The number of carbonyl (C=O) groups excluding carboxylic acids is 1. The zero-order valence-corrected chi connectivity index (χ0v) is 23.4. The molecule has 41 heavy (non-hydrogen) atoms. The largest absolute Gasteiger partial charge is 0.399 e. The van der Waals surface area contributed by atoms with Gasteiger partial charge in [-0.2, -0.15) is 0 Å². The Balaban J connectivity index is 1.22. The zero-order chi connectivity index (χ0) is 28.6. The third-order valence-electron chi connectivity index (χ3n) is 7.56. The number of aliphatic hydroxyl groups is 1. The molecule has 210 valence electrons. The summed E-state index contributed by atoms with van der Waals surface area (Å²) in [5.74, 6) is 0.589. The highest BCUT2D eigenvalue weighted by Gasteiger charge is 2.28. The van der Waals surface area contributed by atoms with Crippen LogP contribution in [-0.4, -0.2) is 53.7 Å². The van der Waals surface area contributed by atoms with E-state index in [0.717, 1.165) is 54.2 Å². The number of amides is 1. The van der Waals surface area contributed by atoms with Gasteiger partial charge in [0, 0.05) is 31.1 Å². The molecule has 0 radical (unpaired) electrons.